The number of amides is 1. The zero-order valence-corrected chi connectivity index (χ0v) is 11.1. The number of nitrogens with zero attached hydrogens (tertiary/aromatic N) is 1. The van der Waals surface area contributed by atoms with Gasteiger partial charge in [-0.2, -0.15) is 0 Å². The van der Waals surface area contributed by atoms with E-state index in [1.54, 1.807) is 0 Å². The molecule has 0 aliphatic carbocycles. The Bertz CT molecular complexity index is 343. The molecule has 1 rings (SSSR count). The third-order valence-electron chi connectivity index (χ3n) is 2.32. The van der Waals surface area contributed by atoms with E-state index in [0.717, 1.165) is 17.1 Å². The van der Waals surface area contributed by atoms with Crippen LogP contribution >= 0.6 is 11.3 Å². The summed E-state index contributed by atoms with van der Waals surface area (Å²) in [6.07, 6.45) is 0.478. The molecule has 5 heteroatoms. The van der Waals surface area contributed by atoms with Crippen molar-refractivity contribution in [3.63, 3.8) is 0 Å². The van der Waals surface area contributed by atoms with Crippen molar-refractivity contribution in [2.45, 2.75) is 40.2 Å². The Balaban J connectivity index is 2.45. The number of nitrogens with one attached hydrogen (secondary N) is 2. The highest BCUT2D eigenvalue weighted by molar-refractivity contribution is 7.15. The van der Waals surface area contributed by atoms with Gasteiger partial charge in [-0.3, -0.25) is 4.79 Å². The average Bonchev–Trinajstić information content (AvgIpc) is 2.45. The van der Waals surface area contributed by atoms with Gasteiger partial charge in [0.15, 0.2) is 5.13 Å². The zero-order valence-electron chi connectivity index (χ0n) is 10.3. The number of hydrogen-bond acceptors (Lipinski definition) is 4. The molecule has 0 spiro atoms. The van der Waals surface area contributed by atoms with E-state index in [2.05, 4.69) is 15.6 Å². The SMILES string of the molecule is CCNC(C)CC(=O)Nc1nc(C)c(C)s1. The summed E-state index contributed by atoms with van der Waals surface area (Å²) in [5.74, 6) is 0.0159. The standard InChI is InChI=1S/C11H19N3OS/c1-5-12-7(2)6-10(15)14-11-13-8(3)9(4)16-11/h7,12H,5-6H2,1-4H3,(H,13,14,15). The van der Waals surface area contributed by atoms with Gasteiger partial charge in [-0.1, -0.05) is 6.92 Å². The van der Waals surface area contributed by atoms with Crippen molar-refractivity contribution in [1.82, 2.24) is 10.3 Å². The second-order valence-electron chi connectivity index (χ2n) is 3.87. The van der Waals surface area contributed by atoms with Gasteiger partial charge in [0, 0.05) is 17.3 Å². The van der Waals surface area contributed by atoms with Gasteiger partial charge < -0.3 is 10.6 Å². The molecule has 0 aliphatic rings. The van der Waals surface area contributed by atoms with Crippen LogP contribution in [0.3, 0.4) is 0 Å². The first-order valence-electron chi connectivity index (χ1n) is 5.50. The van der Waals surface area contributed by atoms with Crippen LogP contribution in [0.5, 0.6) is 0 Å². The van der Waals surface area contributed by atoms with Gasteiger partial charge in [-0.05, 0) is 27.3 Å². The molecule has 1 aromatic heterocycles. The van der Waals surface area contributed by atoms with Gasteiger partial charge in [0.1, 0.15) is 0 Å². The number of carbonyl (C=O) groups is 1. The van der Waals surface area contributed by atoms with E-state index in [1.807, 2.05) is 27.7 Å². The van der Waals surface area contributed by atoms with Crippen LogP contribution in [0.25, 0.3) is 0 Å². The minimum atomic E-state index is 0.0159. The van der Waals surface area contributed by atoms with Gasteiger partial charge in [0.2, 0.25) is 5.91 Å². The molecule has 2 N–H and O–H groups in total. The molecule has 0 radical (unpaired) electrons. The molecular formula is C11H19N3OS. The minimum absolute atomic E-state index is 0.0159. The maximum atomic E-state index is 11.6. The van der Waals surface area contributed by atoms with Crippen LogP contribution in [0.4, 0.5) is 5.13 Å². The average molecular weight is 241 g/mol. The topological polar surface area (TPSA) is 54.0 Å². The van der Waals surface area contributed by atoms with Crippen molar-refractivity contribution in [2.75, 3.05) is 11.9 Å². The minimum Gasteiger partial charge on any atom is -0.314 e. The number of carbonyl (C=O) groups excluding carboxylic acids is 1. The molecule has 1 heterocycles. The summed E-state index contributed by atoms with van der Waals surface area (Å²) in [4.78, 5) is 17.1. The van der Waals surface area contributed by atoms with Crippen LogP contribution < -0.4 is 10.6 Å². The predicted molar refractivity (Wildman–Crippen MR) is 68.0 cm³/mol. The lowest BCUT2D eigenvalue weighted by molar-refractivity contribution is -0.116. The van der Waals surface area contributed by atoms with Crippen molar-refractivity contribution in [2.24, 2.45) is 0 Å². The van der Waals surface area contributed by atoms with Crippen molar-refractivity contribution in [3.8, 4) is 0 Å². The molecule has 1 amide bonds. The van der Waals surface area contributed by atoms with E-state index in [-0.39, 0.29) is 11.9 Å². The van der Waals surface area contributed by atoms with Crippen LogP contribution in [0.2, 0.25) is 0 Å². The van der Waals surface area contributed by atoms with Crippen molar-refractivity contribution >= 4 is 22.4 Å². The number of aryl methyl sites for hydroxylation is 2. The normalized spacial score (nSPS) is 12.5. The molecule has 1 unspecified atom stereocenters. The first-order chi connectivity index (χ1) is 7.52. The second-order valence-corrected chi connectivity index (χ2v) is 5.07. The molecule has 0 aliphatic heterocycles. The molecule has 0 saturated carbocycles. The van der Waals surface area contributed by atoms with Gasteiger partial charge in [-0.25, -0.2) is 4.98 Å². The molecular weight excluding hydrogens is 222 g/mol. The maximum absolute atomic E-state index is 11.6. The summed E-state index contributed by atoms with van der Waals surface area (Å²) in [6.45, 7) is 8.86. The highest BCUT2D eigenvalue weighted by Crippen LogP contribution is 2.21. The van der Waals surface area contributed by atoms with Crippen LogP contribution in [0.15, 0.2) is 0 Å². The lowest BCUT2D eigenvalue weighted by atomic mass is 10.2. The molecule has 16 heavy (non-hydrogen) atoms. The third kappa shape index (κ3) is 3.90. The van der Waals surface area contributed by atoms with Crippen LogP contribution in [0.1, 0.15) is 30.8 Å². The summed E-state index contributed by atoms with van der Waals surface area (Å²) >= 11 is 1.52. The van der Waals surface area contributed by atoms with Gasteiger partial charge in [-0.15, -0.1) is 11.3 Å². The highest BCUT2D eigenvalue weighted by atomic mass is 32.1. The van der Waals surface area contributed by atoms with Crippen LogP contribution in [-0.2, 0) is 4.79 Å². The van der Waals surface area contributed by atoms with Crippen molar-refractivity contribution in [3.05, 3.63) is 10.6 Å². The first kappa shape index (κ1) is 13.1. The summed E-state index contributed by atoms with van der Waals surface area (Å²) in [6, 6.07) is 0.201. The number of aromatic nitrogens is 1. The van der Waals surface area contributed by atoms with E-state index in [1.165, 1.54) is 11.3 Å². The molecule has 1 atom stereocenters. The van der Waals surface area contributed by atoms with Crippen LogP contribution in [-0.4, -0.2) is 23.5 Å². The molecule has 0 fully saturated rings. The van der Waals surface area contributed by atoms with Gasteiger partial charge in [0.25, 0.3) is 0 Å². The largest absolute Gasteiger partial charge is 0.314 e. The quantitative estimate of drug-likeness (QED) is 0.830. The first-order valence-corrected chi connectivity index (χ1v) is 6.31. The monoisotopic (exact) mass is 241 g/mol. The molecule has 0 saturated heterocycles. The van der Waals surface area contributed by atoms with Gasteiger partial charge in [0.05, 0.1) is 5.69 Å². The smallest absolute Gasteiger partial charge is 0.227 e. The molecule has 0 bridgehead atoms. The number of thiazole rings is 1. The molecule has 4 nitrogen and oxygen atoms in total. The van der Waals surface area contributed by atoms with E-state index < -0.39 is 0 Å². The Morgan fingerprint density at radius 3 is 2.69 bits per heavy atom. The van der Waals surface area contributed by atoms with Crippen molar-refractivity contribution in [1.29, 1.82) is 0 Å². The van der Waals surface area contributed by atoms with Crippen LogP contribution in [0, 0.1) is 13.8 Å². The Hall–Kier alpha value is -0.940. The number of rotatable bonds is 5. The van der Waals surface area contributed by atoms with Gasteiger partial charge >= 0.3 is 0 Å². The summed E-state index contributed by atoms with van der Waals surface area (Å²) in [5, 5.41) is 6.72. The second kappa shape index (κ2) is 5.96. The summed E-state index contributed by atoms with van der Waals surface area (Å²) in [7, 11) is 0. The Kier molecular flexibility index (Phi) is 4.89. The predicted octanol–water partition coefficient (Wildman–Crippen LogP) is 2.09. The summed E-state index contributed by atoms with van der Waals surface area (Å²) in [5.41, 5.74) is 0.986. The number of anilines is 1. The lowest BCUT2D eigenvalue weighted by Crippen LogP contribution is -2.30. The molecule has 0 aromatic carbocycles. The maximum Gasteiger partial charge on any atom is 0.227 e. The van der Waals surface area contributed by atoms with E-state index in [9.17, 15) is 4.79 Å². The highest BCUT2D eigenvalue weighted by Gasteiger charge is 2.10. The summed E-state index contributed by atoms with van der Waals surface area (Å²) < 4.78 is 0. The number of hydrogen-bond donors (Lipinski definition) is 2. The van der Waals surface area contributed by atoms with E-state index >= 15 is 0 Å². The van der Waals surface area contributed by atoms with E-state index in [4.69, 9.17) is 0 Å². The molecule has 1 aromatic rings. The molecule has 90 valence electrons. The lowest BCUT2D eigenvalue weighted by Gasteiger charge is -2.10. The Morgan fingerprint density at radius 1 is 1.50 bits per heavy atom. The fourth-order valence-electron chi connectivity index (χ4n) is 1.40. The van der Waals surface area contributed by atoms with Crippen molar-refractivity contribution < 1.29 is 4.79 Å². The zero-order chi connectivity index (χ0) is 12.1. The van der Waals surface area contributed by atoms with E-state index in [0.29, 0.717) is 11.6 Å². The Morgan fingerprint density at radius 2 is 2.19 bits per heavy atom. The fourth-order valence-corrected chi connectivity index (χ4v) is 2.23. The third-order valence-corrected chi connectivity index (χ3v) is 3.31. The fraction of sp³-hybridized carbons (Fsp3) is 0.636. The Labute approximate surface area is 100 Å².